The fraction of sp³-hybridized carbons (Fsp3) is 0.462. The molecule has 0 bridgehead atoms. The Labute approximate surface area is 107 Å². The van der Waals surface area contributed by atoms with E-state index in [1.165, 1.54) is 12.1 Å². The van der Waals surface area contributed by atoms with Crippen molar-refractivity contribution in [1.29, 1.82) is 0 Å². The third-order valence-electron chi connectivity index (χ3n) is 2.11. The number of nitrogens with zero attached hydrogens (tertiary/aromatic N) is 1. The lowest BCUT2D eigenvalue weighted by Crippen LogP contribution is -2.37. The SMILES string of the molecule is CCNC(=NCCOc1cccc(F)c1)NCC. The zero-order valence-corrected chi connectivity index (χ0v) is 10.9. The maximum atomic E-state index is 12.9. The molecule has 2 N–H and O–H groups in total. The zero-order valence-electron chi connectivity index (χ0n) is 10.9. The largest absolute Gasteiger partial charge is 0.492 e. The monoisotopic (exact) mass is 253 g/mol. The van der Waals surface area contributed by atoms with E-state index in [-0.39, 0.29) is 5.82 Å². The molecule has 0 aliphatic carbocycles. The summed E-state index contributed by atoms with van der Waals surface area (Å²) in [6.45, 7) is 6.59. The molecule has 1 rings (SSSR count). The summed E-state index contributed by atoms with van der Waals surface area (Å²) in [5.74, 6) is 0.999. The zero-order chi connectivity index (χ0) is 13.2. The van der Waals surface area contributed by atoms with Gasteiger partial charge in [0.1, 0.15) is 18.2 Å². The van der Waals surface area contributed by atoms with E-state index in [4.69, 9.17) is 4.74 Å². The molecular weight excluding hydrogens is 233 g/mol. The number of rotatable bonds is 6. The highest BCUT2D eigenvalue weighted by Crippen LogP contribution is 2.11. The summed E-state index contributed by atoms with van der Waals surface area (Å²) in [6, 6.07) is 6.09. The number of guanidine groups is 1. The van der Waals surface area contributed by atoms with Gasteiger partial charge < -0.3 is 15.4 Å². The molecular formula is C13H20FN3O. The van der Waals surface area contributed by atoms with Crippen molar-refractivity contribution in [2.45, 2.75) is 13.8 Å². The van der Waals surface area contributed by atoms with E-state index in [2.05, 4.69) is 15.6 Å². The van der Waals surface area contributed by atoms with Crippen molar-refractivity contribution in [3.05, 3.63) is 30.1 Å². The van der Waals surface area contributed by atoms with Crippen LogP contribution in [0.1, 0.15) is 13.8 Å². The van der Waals surface area contributed by atoms with Crippen molar-refractivity contribution in [2.75, 3.05) is 26.2 Å². The fourth-order valence-electron chi connectivity index (χ4n) is 1.39. The van der Waals surface area contributed by atoms with Gasteiger partial charge in [0.25, 0.3) is 0 Å². The predicted molar refractivity (Wildman–Crippen MR) is 71.6 cm³/mol. The minimum Gasteiger partial charge on any atom is -0.492 e. The summed E-state index contributed by atoms with van der Waals surface area (Å²) in [5.41, 5.74) is 0. The van der Waals surface area contributed by atoms with E-state index in [1.807, 2.05) is 13.8 Å². The Balaban J connectivity index is 2.34. The van der Waals surface area contributed by atoms with Crippen LogP contribution in [0.2, 0.25) is 0 Å². The Bertz CT molecular complexity index is 374. The molecule has 0 unspecified atom stereocenters. The highest BCUT2D eigenvalue weighted by atomic mass is 19.1. The minimum absolute atomic E-state index is 0.294. The topological polar surface area (TPSA) is 45.7 Å². The van der Waals surface area contributed by atoms with Gasteiger partial charge in [-0.15, -0.1) is 0 Å². The van der Waals surface area contributed by atoms with Crippen molar-refractivity contribution in [2.24, 2.45) is 4.99 Å². The Morgan fingerprint density at radius 2 is 2.00 bits per heavy atom. The van der Waals surface area contributed by atoms with Crippen LogP contribution in [0.5, 0.6) is 5.75 Å². The summed E-state index contributed by atoms with van der Waals surface area (Å²) in [6.07, 6.45) is 0. The maximum Gasteiger partial charge on any atom is 0.191 e. The van der Waals surface area contributed by atoms with Crippen LogP contribution in [0, 0.1) is 5.82 Å². The number of benzene rings is 1. The molecule has 0 spiro atoms. The van der Waals surface area contributed by atoms with Gasteiger partial charge in [-0.1, -0.05) is 6.07 Å². The molecule has 0 aliphatic heterocycles. The molecule has 100 valence electrons. The molecule has 0 fully saturated rings. The van der Waals surface area contributed by atoms with Crippen LogP contribution in [0.25, 0.3) is 0 Å². The van der Waals surface area contributed by atoms with Gasteiger partial charge in [-0.2, -0.15) is 0 Å². The summed E-state index contributed by atoms with van der Waals surface area (Å²) < 4.78 is 18.3. The van der Waals surface area contributed by atoms with E-state index in [0.717, 1.165) is 19.0 Å². The van der Waals surface area contributed by atoms with E-state index in [9.17, 15) is 4.39 Å². The second kappa shape index (κ2) is 8.33. The second-order valence-electron chi connectivity index (χ2n) is 3.60. The third kappa shape index (κ3) is 5.52. The van der Waals surface area contributed by atoms with Crippen molar-refractivity contribution in [1.82, 2.24) is 10.6 Å². The molecule has 0 atom stereocenters. The lowest BCUT2D eigenvalue weighted by Gasteiger charge is -2.09. The van der Waals surface area contributed by atoms with Crippen LogP contribution in [-0.2, 0) is 0 Å². The molecule has 0 aromatic heterocycles. The van der Waals surface area contributed by atoms with Gasteiger partial charge >= 0.3 is 0 Å². The first-order chi connectivity index (χ1) is 8.76. The maximum absolute atomic E-state index is 12.9. The third-order valence-corrected chi connectivity index (χ3v) is 2.11. The molecule has 0 saturated carbocycles. The van der Waals surface area contributed by atoms with Crippen LogP contribution in [0.4, 0.5) is 4.39 Å². The number of aliphatic imine (C=N–C) groups is 1. The summed E-state index contributed by atoms with van der Waals surface area (Å²) in [4.78, 5) is 4.32. The standard InChI is InChI=1S/C13H20FN3O/c1-3-15-13(16-4-2)17-8-9-18-12-7-5-6-11(14)10-12/h5-7,10H,3-4,8-9H2,1-2H3,(H2,15,16,17). The van der Waals surface area contributed by atoms with Crippen molar-refractivity contribution in [3.63, 3.8) is 0 Å². The number of halogens is 1. The first-order valence-electron chi connectivity index (χ1n) is 6.16. The van der Waals surface area contributed by atoms with E-state index >= 15 is 0 Å². The smallest absolute Gasteiger partial charge is 0.191 e. The van der Waals surface area contributed by atoms with Crippen LogP contribution in [0.15, 0.2) is 29.3 Å². The molecule has 1 aromatic rings. The van der Waals surface area contributed by atoms with Crippen LogP contribution < -0.4 is 15.4 Å². The van der Waals surface area contributed by atoms with Crippen LogP contribution in [-0.4, -0.2) is 32.2 Å². The Kier molecular flexibility index (Phi) is 6.61. The average molecular weight is 253 g/mol. The van der Waals surface area contributed by atoms with Gasteiger partial charge in [0, 0.05) is 19.2 Å². The molecule has 1 aromatic carbocycles. The van der Waals surface area contributed by atoms with Crippen molar-refractivity contribution in [3.8, 4) is 5.75 Å². The van der Waals surface area contributed by atoms with Gasteiger partial charge in [-0.05, 0) is 26.0 Å². The lowest BCUT2D eigenvalue weighted by molar-refractivity contribution is 0.326. The van der Waals surface area contributed by atoms with Gasteiger partial charge in [0.15, 0.2) is 5.96 Å². The number of hydrogen-bond donors (Lipinski definition) is 2. The van der Waals surface area contributed by atoms with Crippen LogP contribution >= 0.6 is 0 Å². The second-order valence-corrected chi connectivity index (χ2v) is 3.60. The number of hydrogen-bond acceptors (Lipinski definition) is 2. The van der Waals surface area contributed by atoms with Gasteiger partial charge in [-0.25, -0.2) is 9.38 Å². The first-order valence-corrected chi connectivity index (χ1v) is 6.16. The Hall–Kier alpha value is -1.78. The minimum atomic E-state index is -0.294. The summed E-state index contributed by atoms with van der Waals surface area (Å²) in [5, 5.41) is 6.23. The van der Waals surface area contributed by atoms with Gasteiger partial charge in [0.05, 0.1) is 6.54 Å². The van der Waals surface area contributed by atoms with Gasteiger partial charge in [-0.3, -0.25) is 0 Å². The first kappa shape index (κ1) is 14.3. The molecule has 4 nitrogen and oxygen atoms in total. The lowest BCUT2D eigenvalue weighted by atomic mass is 10.3. The molecule has 0 radical (unpaired) electrons. The Morgan fingerprint density at radius 3 is 2.61 bits per heavy atom. The van der Waals surface area contributed by atoms with E-state index in [0.29, 0.717) is 18.9 Å². The van der Waals surface area contributed by atoms with E-state index in [1.54, 1.807) is 12.1 Å². The van der Waals surface area contributed by atoms with Crippen molar-refractivity contribution >= 4 is 5.96 Å². The number of nitrogens with one attached hydrogen (secondary N) is 2. The number of ether oxygens (including phenoxy) is 1. The molecule has 0 saturated heterocycles. The molecule has 0 amide bonds. The van der Waals surface area contributed by atoms with E-state index < -0.39 is 0 Å². The average Bonchev–Trinajstić information content (AvgIpc) is 2.35. The molecule has 0 heterocycles. The molecule has 5 heteroatoms. The normalized spacial score (nSPS) is 9.72. The highest BCUT2D eigenvalue weighted by Gasteiger charge is 1.96. The highest BCUT2D eigenvalue weighted by molar-refractivity contribution is 5.79. The molecule has 18 heavy (non-hydrogen) atoms. The van der Waals surface area contributed by atoms with Crippen LogP contribution in [0.3, 0.4) is 0 Å². The van der Waals surface area contributed by atoms with Gasteiger partial charge in [0.2, 0.25) is 0 Å². The molecule has 0 aliphatic rings. The fourth-order valence-corrected chi connectivity index (χ4v) is 1.39. The predicted octanol–water partition coefficient (Wildman–Crippen LogP) is 1.78. The summed E-state index contributed by atoms with van der Waals surface area (Å²) >= 11 is 0. The quantitative estimate of drug-likeness (QED) is 0.461. The summed E-state index contributed by atoms with van der Waals surface area (Å²) in [7, 11) is 0. The van der Waals surface area contributed by atoms with Crippen molar-refractivity contribution < 1.29 is 9.13 Å². The Morgan fingerprint density at radius 1 is 1.28 bits per heavy atom.